The van der Waals surface area contributed by atoms with Gasteiger partial charge in [0.15, 0.2) is 6.61 Å². The van der Waals surface area contributed by atoms with Crippen LogP contribution >= 0.6 is 23.2 Å². The summed E-state index contributed by atoms with van der Waals surface area (Å²) in [6.45, 7) is -0.340. The minimum atomic E-state index is -0.716. The van der Waals surface area contributed by atoms with E-state index in [2.05, 4.69) is 5.32 Å². The molecule has 9 heteroatoms. The average molecular weight is 465 g/mol. The molecular weight excluding hydrogens is 443 g/mol. The van der Waals surface area contributed by atoms with E-state index in [1.807, 2.05) is 24.3 Å². The molecule has 0 heterocycles. The molecule has 31 heavy (non-hydrogen) atoms. The summed E-state index contributed by atoms with van der Waals surface area (Å²) < 4.78 is 10.2. The van der Waals surface area contributed by atoms with Crippen LogP contribution in [0.1, 0.15) is 28.8 Å². The summed E-state index contributed by atoms with van der Waals surface area (Å²) in [4.78, 5) is 38.4. The maximum atomic E-state index is 12.6. The molecule has 0 aliphatic heterocycles. The van der Waals surface area contributed by atoms with E-state index in [1.54, 1.807) is 12.0 Å². The van der Waals surface area contributed by atoms with Gasteiger partial charge in [0.2, 0.25) is 0 Å². The number of hydrogen-bond donors (Lipinski definition) is 1. The summed E-state index contributed by atoms with van der Waals surface area (Å²) in [5.74, 6) is -0.793. The number of ether oxygens (including phenoxy) is 2. The van der Waals surface area contributed by atoms with E-state index in [-0.39, 0.29) is 35.7 Å². The highest BCUT2D eigenvalue weighted by molar-refractivity contribution is 6.36. The lowest BCUT2D eigenvalue weighted by atomic mass is 10.2. The van der Waals surface area contributed by atoms with Gasteiger partial charge < -0.3 is 19.7 Å². The third-order valence-electron chi connectivity index (χ3n) is 4.75. The van der Waals surface area contributed by atoms with Crippen molar-refractivity contribution in [2.45, 2.75) is 25.4 Å². The zero-order valence-electron chi connectivity index (χ0n) is 16.9. The lowest BCUT2D eigenvalue weighted by molar-refractivity contribution is -0.151. The van der Waals surface area contributed by atoms with Crippen LogP contribution in [0.2, 0.25) is 10.0 Å². The molecule has 2 aromatic rings. The number of benzene rings is 2. The first-order valence-electron chi connectivity index (χ1n) is 9.68. The predicted octanol–water partition coefficient (Wildman–Crippen LogP) is 3.47. The minimum absolute atomic E-state index is 0.153. The van der Waals surface area contributed by atoms with Crippen molar-refractivity contribution in [1.29, 1.82) is 0 Å². The number of hydrogen-bond acceptors (Lipinski definition) is 5. The lowest BCUT2D eigenvalue weighted by Gasteiger charge is -2.22. The van der Waals surface area contributed by atoms with Crippen molar-refractivity contribution in [2.75, 3.05) is 20.3 Å². The SMILES string of the molecule is COc1ccc(CN(C(=O)COC(=O)CNC(=O)c2ccc(Cl)cc2Cl)C2CC2)cc1. The Morgan fingerprint density at radius 3 is 2.42 bits per heavy atom. The molecule has 0 aromatic heterocycles. The summed E-state index contributed by atoms with van der Waals surface area (Å²) in [6, 6.07) is 12.0. The first kappa shape index (κ1) is 22.9. The fourth-order valence-corrected chi connectivity index (χ4v) is 3.43. The van der Waals surface area contributed by atoms with Gasteiger partial charge in [0.25, 0.3) is 11.8 Å². The van der Waals surface area contributed by atoms with E-state index in [1.165, 1.54) is 18.2 Å². The quantitative estimate of drug-likeness (QED) is 0.574. The topological polar surface area (TPSA) is 84.9 Å². The minimum Gasteiger partial charge on any atom is -0.497 e. The van der Waals surface area contributed by atoms with Gasteiger partial charge in [0, 0.05) is 17.6 Å². The maximum absolute atomic E-state index is 12.6. The third-order valence-corrected chi connectivity index (χ3v) is 5.29. The van der Waals surface area contributed by atoms with Crippen LogP contribution in [0.3, 0.4) is 0 Å². The van der Waals surface area contributed by atoms with Crippen LogP contribution in [-0.2, 0) is 20.9 Å². The summed E-state index contributed by atoms with van der Waals surface area (Å²) in [5, 5.41) is 2.99. The molecule has 0 radical (unpaired) electrons. The molecule has 0 unspecified atom stereocenters. The Kier molecular flexibility index (Phi) is 7.76. The van der Waals surface area contributed by atoms with Gasteiger partial charge in [-0.25, -0.2) is 0 Å². The lowest BCUT2D eigenvalue weighted by Crippen LogP contribution is -2.37. The normalized spacial score (nSPS) is 12.7. The molecule has 2 aromatic carbocycles. The van der Waals surface area contributed by atoms with Crippen LogP contribution in [0.15, 0.2) is 42.5 Å². The summed E-state index contributed by atoms with van der Waals surface area (Å²) in [7, 11) is 1.59. The molecule has 0 bridgehead atoms. The first-order chi connectivity index (χ1) is 14.9. The van der Waals surface area contributed by atoms with Gasteiger partial charge in [-0.1, -0.05) is 35.3 Å². The van der Waals surface area contributed by atoms with Crippen molar-refractivity contribution in [2.24, 2.45) is 0 Å². The van der Waals surface area contributed by atoms with Crippen LogP contribution in [0.4, 0.5) is 0 Å². The van der Waals surface area contributed by atoms with E-state index in [4.69, 9.17) is 32.7 Å². The Labute approximate surface area is 190 Å². The van der Waals surface area contributed by atoms with Crippen LogP contribution < -0.4 is 10.1 Å². The summed E-state index contributed by atoms with van der Waals surface area (Å²) >= 11 is 11.8. The molecule has 0 atom stereocenters. The molecule has 2 amide bonds. The molecule has 1 saturated carbocycles. The van der Waals surface area contributed by atoms with Crippen molar-refractivity contribution in [3.05, 3.63) is 63.6 Å². The Morgan fingerprint density at radius 1 is 1.10 bits per heavy atom. The second-order valence-corrected chi connectivity index (χ2v) is 7.91. The van der Waals surface area contributed by atoms with Crippen LogP contribution in [-0.4, -0.2) is 49.0 Å². The second-order valence-electron chi connectivity index (χ2n) is 7.07. The van der Waals surface area contributed by atoms with Gasteiger partial charge in [-0.05, 0) is 48.7 Å². The van der Waals surface area contributed by atoms with Gasteiger partial charge >= 0.3 is 5.97 Å². The molecule has 3 rings (SSSR count). The van der Waals surface area contributed by atoms with Gasteiger partial charge in [-0.3, -0.25) is 14.4 Å². The average Bonchev–Trinajstić information content (AvgIpc) is 3.59. The molecule has 1 aliphatic rings. The van der Waals surface area contributed by atoms with E-state index in [0.29, 0.717) is 11.6 Å². The molecule has 7 nitrogen and oxygen atoms in total. The van der Waals surface area contributed by atoms with Gasteiger partial charge in [0.1, 0.15) is 12.3 Å². The monoisotopic (exact) mass is 464 g/mol. The largest absolute Gasteiger partial charge is 0.497 e. The number of halogens is 2. The van der Waals surface area contributed by atoms with Crippen molar-refractivity contribution in [3.8, 4) is 5.75 Å². The molecule has 1 aliphatic carbocycles. The number of esters is 1. The summed E-state index contributed by atoms with van der Waals surface area (Å²) in [6.07, 6.45) is 1.85. The number of methoxy groups -OCH3 is 1. The zero-order chi connectivity index (χ0) is 22.4. The van der Waals surface area contributed by atoms with Crippen LogP contribution in [0.5, 0.6) is 5.75 Å². The maximum Gasteiger partial charge on any atom is 0.325 e. The molecular formula is C22H22Cl2N2O5. The molecule has 1 fully saturated rings. The standard InChI is InChI=1S/C22H22Cl2N2O5/c1-30-17-7-2-14(3-8-17)12-26(16-5-6-16)20(27)13-31-21(28)11-25-22(29)18-9-4-15(23)10-19(18)24/h2-4,7-10,16H,5-6,11-13H2,1H3,(H,25,29). The summed E-state index contributed by atoms with van der Waals surface area (Å²) in [5.41, 5.74) is 1.15. The number of nitrogens with one attached hydrogen (secondary N) is 1. The number of nitrogens with zero attached hydrogens (tertiary/aromatic N) is 1. The molecule has 0 saturated heterocycles. The fraction of sp³-hybridized carbons (Fsp3) is 0.318. The highest BCUT2D eigenvalue weighted by Crippen LogP contribution is 2.29. The van der Waals surface area contributed by atoms with Crippen molar-refractivity contribution in [1.82, 2.24) is 10.2 Å². The van der Waals surface area contributed by atoms with Gasteiger partial charge in [0.05, 0.1) is 17.7 Å². The Hall–Kier alpha value is -2.77. The molecule has 0 spiro atoms. The highest BCUT2D eigenvalue weighted by Gasteiger charge is 2.33. The number of carbonyl (C=O) groups excluding carboxylic acids is 3. The van der Waals surface area contributed by atoms with E-state index >= 15 is 0 Å². The Morgan fingerprint density at radius 2 is 1.81 bits per heavy atom. The number of rotatable bonds is 9. The Bertz CT molecular complexity index is 961. The van der Waals surface area contributed by atoms with E-state index in [0.717, 1.165) is 24.2 Å². The smallest absolute Gasteiger partial charge is 0.325 e. The molecule has 164 valence electrons. The van der Waals surface area contributed by atoms with Crippen LogP contribution in [0, 0.1) is 0 Å². The van der Waals surface area contributed by atoms with Gasteiger partial charge in [-0.2, -0.15) is 0 Å². The van der Waals surface area contributed by atoms with Crippen LogP contribution in [0.25, 0.3) is 0 Å². The number of carbonyl (C=O) groups is 3. The van der Waals surface area contributed by atoms with E-state index < -0.39 is 11.9 Å². The fourth-order valence-electron chi connectivity index (χ4n) is 2.93. The third kappa shape index (κ3) is 6.60. The van der Waals surface area contributed by atoms with Crippen molar-refractivity contribution >= 4 is 41.0 Å². The highest BCUT2D eigenvalue weighted by atomic mass is 35.5. The molecule has 1 N–H and O–H groups in total. The van der Waals surface area contributed by atoms with Crippen molar-refractivity contribution < 1.29 is 23.9 Å². The number of amides is 2. The zero-order valence-corrected chi connectivity index (χ0v) is 18.4. The predicted molar refractivity (Wildman–Crippen MR) is 116 cm³/mol. The van der Waals surface area contributed by atoms with Gasteiger partial charge in [-0.15, -0.1) is 0 Å². The van der Waals surface area contributed by atoms with E-state index in [9.17, 15) is 14.4 Å². The second kappa shape index (κ2) is 10.5. The Balaban J connectivity index is 1.47. The van der Waals surface area contributed by atoms with Crippen molar-refractivity contribution in [3.63, 3.8) is 0 Å². The first-order valence-corrected chi connectivity index (χ1v) is 10.4.